The number of hydrogen-bond acceptors (Lipinski definition) is 5. The minimum atomic E-state index is -1.02. The molecule has 1 aromatic carbocycles. The zero-order valence-electron chi connectivity index (χ0n) is 15.9. The molecule has 0 bridgehead atoms. The summed E-state index contributed by atoms with van der Waals surface area (Å²) in [5.41, 5.74) is 2.71. The minimum Gasteiger partial charge on any atom is -0.451 e. The summed E-state index contributed by atoms with van der Waals surface area (Å²) >= 11 is 0. The summed E-state index contributed by atoms with van der Waals surface area (Å²) in [5.74, 6) is -1.42. The zero-order chi connectivity index (χ0) is 20.3. The summed E-state index contributed by atoms with van der Waals surface area (Å²) in [4.78, 5) is 50.5. The van der Waals surface area contributed by atoms with Gasteiger partial charge in [0.15, 0.2) is 11.9 Å². The van der Waals surface area contributed by atoms with Gasteiger partial charge in [0.05, 0.1) is 11.3 Å². The van der Waals surface area contributed by atoms with E-state index in [4.69, 9.17) is 4.74 Å². The third kappa shape index (κ3) is 4.49. The Morgan fingerprint density at radius 1 is 1.04 bits per heavy atom. The molecule has 7 nitrogen and oxygen atoms in total. The third-order valence-corrected chi connectivity index (χ3v) is 4.13. The van der Waals surface area contributed by atoms with Crippen LogP contribution in [0.15, 0.2) is 24.3 Å². The number of aromatic amines is 1. The van der Waals surface area contributed by atoms with Crippen molar-refractivity contribution in [1.82, 2.24) is 4.98 Å². The zero-order valence-corrected chi connectivity index (χ0v) is 15.9. The van der Waals surface area contributed by atoms with Crippen molar-refractivity contribution < 1.29 is 23.9 Å². The van der Waals surface area contributed by atoms with Crippen LogP contribution in [0.2, 0.25) is 0 Å². The standard InChI is InChI=1S/C20H22N2O5/c1-10-17(12(3)23)11(2)21-18(10)19(25)13(4)27-20(26)15-6-8-16(9-7-15)22-14(5)24/h6-9,13,21H,1-5H3,(H,22,24)/t13-/m0/s1. The van der Waals surface area contributed by atoms with Gasteiger partial charge in [0.2, 0.25) is 11.7 Å². The molecule has 142 valence electrons. The summed E-state index contributed by atoms with van der Waals surface area (Å²) in [6.07, 6.45) is -1.02. The number of esters is 1. The lowest BCUT2D eigenvalue weighted by Gasteiger charge is -2.12. The van der Waals surface area contributed by atoms with E-state index in [-0.39, 0.29) is 22.9 Å². The molecule has 1 atom stereocenters. The minimum absolute atomic E-state index is 0.135. The predicted octanol–water partition coefficient (Wildman–Crippen LogP) is 3.22. The number of anilines is 1. The molecular formula is C20H22N2O5. The number of rotatable bonds is 6. The second kappa shape index (κ2) is 7.99. The Hall–Kier alpha value is -3.22. The molecule has 0 unspecified atom stereocenters. The maximum Gasteiger partial charge on any atom is 0.338 e. The average Bonchev–Trinajstić information content (AvgIpc) is 2.88. The summed E-state index contributed by atoms with van der Waals surface area (Å²) in [6.45, 7) is 7.70. The topological polar surface area (TPSA) is 105 Å². The monoisotopic (exact) mass is 370 g/mol. The number of benzene rings is 1. The molecule has 1 heterocycles. The number of H-pyrrole nitrogens is 1. The lowest BCUT2D eigenvalue weighted by molar-refractivity contribution is -0.114. The number of carbonyl (C=O) groups excluding carboxylic acids is 4. The molecule has 0 aliphatic heterocycles. The number of ketones is 2. The van der Waals surface area contributed by atoms with E-state index in [1.54, 1.807) is 26.0 Å². The van der Waals surface area contributed by atoms with Gasteiger partial charge in [-0.3, -0.25) is 14.4 Å². The van der Waals surface area contributed by atoms with Crippen LogP contribution in [0, 0.1) is 13.8 Å². The summed E-state index contributed by atoms with van der Waals surface area (Å²) in [7, 11) is 0. The molecule has 0 aliphatic rings. The second-order valence-corrected chi connectivity index (χ2v) is 6.35. The first-order chi connectivity index (χ1) is 12.6. The van der Waals surface area contributed by atoms with Crippen LogP contribution in [0.1, 0.15) is 63.2 Å². The molecule has 0 aliphatic carbocycles. The Morgan fingerprint density at radius 3 is 2.11 bits per heavy atom. The van der Waals surface area contributed by atoms with Crippen LogP contribution in [0.4, 0.5) is 5.69 Å². The number of Topliss-reactive ketones (excluding diaryl/α,β-unsaturated/α-hetero) is 2. The van der Waals surface area contributed by atoms with Gasteiger partial charge in [0, 0.05) is 23.9 Å². The molecule has 0 saturated heterocycles. The van der Waals surface area contributed by atoms with Gasteiger partial charge in [0.25, 0.3) is 0 Å². The van der Waals surface area contributed by atoms with Crippen LogP contribution in [0.25, 0.3) is 0 Å². The Labute approximate surface area is 157 Å². The van der Waals surface area contributed by atoms with E-state index in [2.05, 4.69) is 10.3 Å². The maximum absolute atomic E-state index is 12.6. The Morgan fingerprint density at radius 2 is 1.63 bits per heavy atom. The quantitative estimate of drug-likeness (QED) is 0.600. The fraction of sp³-hybridized carbons (Fsp3) is 0.300. The van der Waals surface area contributed by atoms with Crippen molar-refractivity contribution in [3.63, 3.8) is 0 Å². The summed E-state index contributed by atoms with van der Waals surface area (Å²) in [5, 5.41) is 2.60. The van der Waals surface area contributed by atoms with Gasteiger partial charge in [-0.25, -0.2) is 4.79 Å². The van der Waals surface area contributed by atoms with Gasteiger partial charge in [0.1, 0.15) is 0 Å². The number of amides is 1. The van der Waals surface area contributed by atoms with Crippen LogP contribution in [0.5, 0.6) is 0 Å². The summed E-state index contributed by atoms with van der Waals surface area (Å²) in [6, 6.07) is 6.15. The highest BCUT2D eigenvalue weighted by Gasteiger charge is 2.26. The molecule has 27 heavy (non-hydrogen) atoms. The maximum atomic E-state index is 12.6. The first kappa shape index (κ1) is 20.1. The SMILES string of the molecule is CC(=O)Nc1ccc(C(=O)O[C@@H](C)C(=O)c2[nH]c(C)c(C(C)=O)c2C)cc1. The van der Waals surface area contributed by atoms with Gasteiger partial charge >= 0.3 is 5.97 Å². The highest BCUT2D eigenvalue weighted by molar-refractivity contribution is 6.05. The van der Waals surface area contributed by atoms with E-state index in [0.717, 1.165) is 0 Å². The van der Waals surface area contributed by atoms with E-state index in [0.29, 0.717) is 22.5 Å². The van der Waals surface area contributed by atoms with E-state index in [9.17, 15) is 19.2 Å². The van der Waals surface area contributed by atoms with Gasteiger partial charge < -0.3 is 15.0 Å². The molecule has 1 amide bonds. The number of carbonyl (C=O) groups is 4. The molecule has 0 radical (unpaired) electrons. The van der Waals surface area contributed by atoms with E-state index < -0.39 is 17.9 Å². The van der Waals surface area contributed by atoms with Crippen molar-refractivity contribution in [2.75, 3.05) is 5.32 Å². The number of nitrogens with one attached hydrogen (secondary N) is 2. The van der Waals surface area contributed by atoms with E-state index in [1.165, 1.54) is 32.9 Å². The highest BCUT2D eigenvalue weighted by atomic mass is 16.5. The van der Waals surface area contributed by atoms with E-state index in [1.807, 2.05) is 0 Å². The molecule has 2 rings (SSSR count). The van der Waals surface area contributed by atoms with Crippen molar-refractivity contribution in [1.29, 1.82) is 0 Å². The van der Waals surface area contributed by atoms with Gasteiger partial charge in [-0.1, -0.05) is 0 Å². The van der Waals surface area contributed by atoms with Crippen LogP contribution in [-0.2, 0) is 9.53 Å². The fourth-order valence-electron chi connectivity index (χ4n) is 2.90. The van der Waals surface area contributed by atoms with Crippen molar-refractivity contribution in [2.45, 2.75) is 40.7 Å². The number of ether oxygens (including phenoxy) is 1. The molecular weight excluding hydrogens is 348 g/mol. The smallest absolute Gasteiger partial charge is 0.338 e. The van der Waals surface area contributed by atoms with Crippen LogP contribution in [0.3, 0.4) is 0 Å². The molecule has 0 spiro atoms. The molecule has 7 heteroatoms. The molecule has 1 aromatic heterocycles. The molecule has 2 aromatic rings. The van der Waals surface area contributed by atoms with Crippen LogP contribution >= 0.6 is 0 Å². The van der Waals surface area contributed by atoms with Crippen LogP contribution in [-0.4, -0.2) is 34.5 Å². The second-order valence-electron chi connectivity index (χ2n) is 6.35. The number of aryl methyl sites for hydroxylation is 1. The van der Waals surface area contributed by atoms with Gasteiger partial charge in [-0.15, -0.1) is 0 Å². The lowest BCUT2D eigenvalue weighted by atomic mass is 10.0. The first-order valence-electron chi connectivity index (χ1n) is 8.44. The fourth-order valence-corrected chi connectivity index (χ4v) is 2.90. The molecule has 0 fully saturated rings. The molecule has 0 saturated carbocycles. The first-order valence-corrected chi connectivity index (χ1v) is 8.44. The van der Waals surface area contributed by atoms with Gasteiger partial charge in [-0.05, 0) is 57.5 Å². The Bertz CT molecular complexity index is 909. The molecule has 2 N–H and O–H groups in total. The highest BCUT2D eigenvalue weighted by Crippen LogP contribution is 2.21. The van der Waals surface area contributed by atoms with Crippen molar-refractivity contribution in [3.05, 3.63) is 52.3 Å². The normalized spacial score (nSPS) is 11.6. The Balaban J connectivity index is 2.12. The van der Waals surface area contributed by atoms with Crippen molar-refractivity contribution in [3.8, 4) is 0 Å². The largest absolute Gasteiger partial charge is 0.451 e. The van der Waals surface area contributed by atoms with Gasteiger partial charge in [-0.2, -0.15) is 0 Å². The predicted molar refractivity (Wildman–Crippen MR) is 100 cm³/mol. The number of aromatic nitrogens is 1. The number of hydrogen-bond donors (Lipinski definition) is 2. The van der Waals surface area contributed by atoms with Crippen LogP contribution < -0.4 is 5.32 Å². The summed E-state index contributed by atoms with van der Waals surface area (Å²) < 4.78 is 5.26. The Kier molecular flexibility index (Phi) is 5.95. The average molecular weight is 370 g/mol. The van der Waals surface area contributed by atoms with E-state index >= 15 is 0 Å². The van der Waals surface area contributed by atoms with Crippen molar-refractivity contribution >= 4 is 29.1 Å². The third-order valence-electron chi connectivity index (χ3n) is 4.13. The van der Waals surface area contributed by atoms with Crippen molar-refractivity contribution in [2.24, 2.45) is 0 Å². The lowest BCUT2D eigenvalue weighted by Crippen LogP contribution is -2.25.